The van der Waals surface area contributed by atoms with Gasteiger partial charge in [0.2, 0.25) is 11.8 Å². The molecule has 1 saturated heterocycles. The highest BCUT2D eigenvalue weighted by atomic mass is 16.5. The van der Waals surface area contributed by atoms with Crippen molar-refractivity contribution in [3.63, 3.8) is 0 Å². The summed E-state index contributed by atoms with van der Waals surface area (Å²) in [6.07, 6.45) is 1.36. The van der Waals surface area contributed by atoms with Gasteiger partial charge in [-0.2, -0.15) is 5.26 Å². The minimum Gasteiger partial charge on any atom is -0.408 e. The van der Waals surface area contributed by atoms with Crippen molar-refractivity contribution in [2.24, 2.45) is 5.73 Å². The van der Waals surface area contributed by atoms with Crippen molar-refractivity contribution < 1.29 is 28.2 Å². The number of oxazole rings is 1. The van der Waals surface area contributed by atoms with Crippen LogP contribution < -0.4 is 27.4 Å². The molecule has 0 saturated carbocycles. The highest BCUT2D eigenvalue weighted by molar-refractivity contribution is 5.86. The Hall–Kier alpha value is -5.00. The molecule has 0 spiro atoms. The third-order valence-corrected chi connectivity index (χ3v) is 8.54. The molecule has 50 heavy (non-hydrogen) atoms. The van der Waals surface area contributed by atoms with Gasteiger partial charge in [-0.25, -0.2) is 4.79 Å². The molecule has 1 aliphatic heterocycles. The Morgan fingerprint density at radius 2 is 1.66 bits per heavy atom. The van der Waals surface area contributed by atoms with E-state index < -0.39 is 17.3 Å². The van der Waals surface area contributed by atoms with E-state index in [2.05, 4.69) is 22.0 Å². The van der Waals surface area contributed by atoms with Crippen LogP contribution >= 0.6 is 0 Å². The van der Waals surface area contributed by atoms with Crippen molar-refractivity contribution >= 4 is 28.6 Å². The number of hydrogen-bond acceptors (Lipinski definition) is 10. The van der Waals surface area contributed by atoms with Crippen molar-refractivity contribution in [3.8, 4) is 17.2 Å². The smallest absolute Gasteiger partial charge is 0.408 e. The second-order valence-electron chi connectivity index (χ2n) is 12.1. The maximum absolute atomic E-state index is 12.8. The molecule has 13 nitrogen and oxygen atoms in total. The van der Waals surface area contributed by atoms with Gasteiger partial charge in [-0.15, -0.1) is 0 Å². The minimum atomic E-state index is -1.02. The zero-order valence-electron chi connectivity index (χ0n) is 28.0. The number of rotatable bonds is 18. The number of nitrogens with zero attached hydrogens (tertiary/aromatic N) is 2. The molecule has 264 valence electrons. The lowest BCUT2D eigenvalue weighted by molar-refractivity contribution is -0.130. The maximum Gasteiger partial charge on any atom is 0.420 e. The predicted octanol–water partition coefficient (Wildman–Crippen LogP) is 2.97. The first-order valence-electron chi connectivity index (χ1n) is 16.9. The molecule has 2 amide bonds. The maximum atomic E-state index is 12.8. The summed E-state index contributed by atoms with van der Waals surface area (Å²) in [7, 11) is 0. The molecule has 1 fully saturated rings. The lowest BCUT2D eigenvalue weighted by atomic mass is 9.90. The number of carbonyl (C=O) groups is 2. The molecule has 0 bridgehead atoms. The third-order valence-electron chi connectivity index (χ3n) is 8.54. The molecule has 1 atom stereocenters. The van der Waals surface area contributed by atoms with Gasteiger partial charge in [0.05, 0.1) is 50.1 Å². The molecule has 1 aliphatic rings. The Labute approximate surface area is 290 Å². The average Bonchev–Trinajstić information content (AvgIpc) is 3.45. The molecule has 13 heteroatoms. The van der Waals surface area contributed by atoms with Crippen LogP contribution in [0.15, 0.2) is 82.0 Å². The Bertz CT molecular complexity index is 1790. The summed E-state index contributed by atoms with van der Waals surface area (Å²) < 4.78 is 23.5. The molecule has 5 rings (SSSR count). The van der Waals surface area contributed by atoms with Crippen LogP contribution in [0.25, 0.3) is 22.2 Å². The van der Waals surface area contributed by atoms with Gasteiger partial charge in [0.25, 0.3) is 0 Å². The molecule has 2 heterocycles. The number of benzene rings is 3. The van der Waals surface area contributed by atoms with E-state index in [0.717, 1.165) is 22.4 Å². The number of anilines is 1. The standard InChI is InChI=1S/C37H44N6O7/c38-26-31(42-35(45)37(39)13-19-48-20-14-37)24-27-6-8-28(9-7-27)29-10-11-33-32(25-29)43(36(46)50-33)17-23-47-18-12-34(44)41-16-22-49-21-15-40-30-4-2-1-3-5-30/h1-11,25,31,40H,12-24,39H2,(H,41,44)(H,42,45). The van der Waals surface area contributed by atoms with Crippen LogP contribution in [-0.4, -0.2) is 80.7 Å². The number of aromatic nitrogens is 1. The van der Waals surface area contributed by atoms with E-state index in [0.29, 0.717) is 69.9 Å². The Balaban J connectivity index is 1.04. The van der Waals surface area contributed by atoms with Crippen molar-refractivity contribution in [1.29, 1.82) is 5.26 Å². The van der Waals surface area contributed by atoms with E-state index in [1.807, 2.05) is 66.7 Å². The summed E-state index contributed by atoms with van der Waals surface area (Å²) in [4.78, 5) is 37.5. The molecular weight excluding hydrogens is 640 g/mol. The third kappa shape index (κ3) is 10.3. The summed E-state index contributed by atoms with van der Waals surface area (Å²) in [6, 6.07) is 24.5. The number of nitriles is 1. The summed E-state index contributed by atoms with van der Waals surface area (Å²) in [5, 5.41) is 18.5. The Morgan fingerprint density at radius 3 is 2.42 bits per heavy atom. The zero-order valence-corrected chi connectivity index (χ0v) is 28.0. The van der Waals surface area contributed by atoms with E-state index in [9.17, 15) is 19.6 Å². The van der Waals surface area contributed by atoms with Crippen molar-refractivity contribution in [3.05, 3.63) is 88.9 Å². The van der Waals surface area contributed by atoms with Crippen LogP contribution in [0.4, 0.5) is 5.69 Å². The fourth-order valence-corrected chi connectivity index (χ4v) is 5.62. The Morgan fingerprint density at radius 1 is 0.940 bits per heavy atom. The van der Waals surface area contributed by atoms with Crippen LogP contribution in [0, 0.1) is 11.3 Å². The van der Waals surface area contributed by atoms with Gasteiger partial charge in [0, 0.05) is 44.8 Å². The van der Waals surface area contributed by atoms with Gasteiger partial charge in [-0.1, -0.05) is 48.5 Å². The zero-order chi connectivity index (χ0) is 35.2. The number of nitrogens with two attached hydrogens (primary N) is 1. The van der Waals surface area contributed by atoms with Gasteiger partial charge < -0.3 is 40.3 Å². The van der Waals surface area contributed by atoms with Gasteiger partial charge in [0.1, 0.15) is 6.04 Å². The summed E-state index contributed by atoms with van der Waals surface area (Å²) >= 11 is 0. The predicted molar refractivity (Wildman–Crippen MR) is 188 cm³/mol. The number of ether oxygens (including phenoxy) is 3. The van der Waals surface area contributed by atoms with Gasteiger partial charge >= 0.3 is 5.76 Å². The fourth-order valence-electron chi connectivity index (χ4n) is 5.62. The topological polar surface area (TPSA) is 183 Å². The van der Waals surface area contributed by atoms with E-state index >= 15 is 0 Å². The Kier molecular flexibility index (Phi) is 13.2. The fraction of sp³-hybridized carbons (Fsp3) is 0.405. The van der Waals surface area contributed by atoms with Crippen LogP contribution in [0.3, 0.4) is 0 Å². The number of nitrogens with one attached hydrogen (secondary N) is 3. The molecule has 1 unspecified atom stereocenters. The van der Waals surface area contributed by atoms with Crippen molar-refractivity contribution in [1.82, 2.24) is 15.2 Å². The monoisotopic (exact) mass is 684 g/mol. The highest BCUT2D eigenvalue weighted by Gasteiger charge is 2.36. The van der Waals surface area contributed by atoms with Crippen molar-refractivity contribution in [2.75, 3.05) is 58.0 Å². The van der Waals surface area contributed by atoms with E-state index in [4.69, 9.17) is 24.4 Å². The molecule has 0 aliphatic carbocycles. The minimum absolute atomic E-state index is 0.135. The summed E-state index contributed by atoms with van der Waals surface area (Å²) in [5.74, 6) is -0.957. The molecule has 4 aromatic rings. The molecular formula is C37H44N6O7. The SMILES string of the molecule is N#CC(Cc1ccc(-c2ccc3oc(=O)n(CCOCCC(=O)NCCOCCNc4ccccc4)c3c2)cc1)NC(=O)C1(N)CCOCC1. The highest BCUT2D eigenvalue weighted by Crippen LogP contribution is 2.25. The quantitative estimate of drug-likeness (QED) is 0.114. The first-order valence-corrected chi connectivity index (χ1v) is 16.9. The number of para-hydroxylation sites is 1. The molecule has 1 aromatic heterocycles. The van der Waals surface area contributed by atoms with Gasteiger partial charge in [0.15, 0.2) is 5.58 Å². The van der Waals surface area contributed by atoms with Crippen LogP contribution in [-0.2, 0) is 36.8 Å². The number of carbonyl (C=O) groups excluding carboxylic acids is 2. The second-order valence-corrected chi connectivity index (χ2v) is 12.1. The first kappa shape index (κ1) is 36.3. The van der Waals surface area contributed by atoms with Gasteiger partial charge in [-0.05, 0) is 53.8 Å². The number of amides is 2. The normalized spacial score (nSPS) is 14.5. The largest absolute Gasteiger partial charge is 0.420 e. The van der Waals surface area contributed by atoms with Crippen LogP contribution in [0.5, 0.6) is 0 Å². The lowest BCUT2D eigenvalue weighted by Crippen LogP contribution is -2.58. The lowest BCUT2D eigenvalue weighted by Gasteiger charge is -2.32. The summed E-state index contributed by atoms with van der Waals surface area (Å²) in [6.45, 7) is 3.59. The van der Waals surface area contributed by atoms with Crippen LogP contribution in [0.2, 0.25) is 0 Å². The number of fused-ring (bicyclic) bond motifs is 1. The van der Waals surface area contributed by atoms with E-state index in [-0.39, 0.29) is 38.0 Å². The summed E-state index contributed by atoms with van der Waals surface area (Å²) in [5.41, 5.74) is 10.0. The first-order chi connectivity index (χ1) is 24.3. The van der Waals surface area contributed by atoms with E-state index in [1.54, 1.807) is 6.07 Å². The molecule has 5 N–H and O–H groups in total. The van der Waals surface area contributed by atoms with Crippen molar-refractivity contribution in [2.45, 2.75) is 43.8 Å². The van der Waals surface area contributed by atoms with Gasteiger partial charge in [-0.3, -0.25) is 14.2 Å². The second kappa shape index (κ2) is 18.1. The van der Waals surface area contributed by atoms with Crippen LogP contribution in [0.1, 0.15) is 24.8 Å². The van der Waals surface area contributed by atoms with E-state index in [1.165, 1.54) is 4.57 Å². The number of hydrogen-bond donors (Lipinski definition) is 4. The average molecular weight is 685 g/mol. The molecule has 3 aromatic carbocycles. The molecule has 0 radical (unpaired) electrons.